The fraction of sp³-hybridized carbons (Fsp3) is 0.450. The molecular formula is C20H26N2O2. The lowest BCUT2D eigenvalue weighted by molar-refractivity contribution is 0.0704. The lowest BCUT2D eigenvalue weighted by Gasteiger charge is -2.28. The van der Waals surface area contributed by atoms with E-state index >= 15 is 0 Å². The van der Waals surface area contributed by atoms with Crippen molar-refractivity contribution in [3.8, 4) is 0 Å². The van der Waals surface area contributed by atoms with E-state index in [1.807, 2.05) is 50.4 Å². The second-order valence-electron chi connectivity index (χ2n) is 6.74. The van der Waals surface area contributed by atoms with Crippen molar-refractivity contribution < 1.29 is 9.90 Å². The van der Waals surface area contributed by atoms with Crippen molar-refractivity contribution in [1.82, 2.24) is 9.47 Å². The molecule has 0 radical (unpaired) electrons. The number of amides is 1. The van der Waals surface area contributed by atoms with E-state index in [2.05, 4.69) is 11.5 Å². The van der Waals surface area contributed by atoms with Crippen LogP contribution in [0, 0.1) is 13.8 Å². The molecule has 1 unspecified atom stereocenters. The van der Waals surface area contributed by atoms with Gasteiger partial charge in [0.25, 0.3) is 5.91 Å². The SMILES string of the molecule is Cc1cc(C(=O)N(C)C(CCO)c2ccccc2)c(C)n1C1CC1. The summed E-state index contributed by atoms with van der Waals surface area (Å²) >= 11 is 0. The van der Waals surface area contributed by atoms with Gasteiger partial charge in [-0.1, -0.05) is 30.3 Å². The molecular weight excluding hydrogens is 300 g/mol. The Hall–Kier alpha value is -2.07. The number of aryl methyl sites for hydroxylation is 1. The van der Waals surface area contributed by atoms with Crippen LogP contribution < -0.4 is 0 Å². The molecule has 1 heterocycles. The zero-order valence-corrected chi connectivity index (χ0v) is 14.7. The summed E-state index contributed by atoms with van der Waals surface area (Å²) in [6, 6.07) is 12.4. The van der Waals surface area contributed by atoms with Crippen LogP contribution in [0.15, 0.2) is 36.4 Å². The highest BCUT2D eigenvalue weighted by molar-refractivity contribution is 5.95. The van der Waals surface area contributed by atoms with Gasteiger partial charge in [-0.05, 0) is 44.7 Å². The zero-order valence-electron chi connectivity index (χ0n) is 14.7. The average Bonchev–Trinajstić information content (AvgIpc) is 3.37. The van der Waals surface area contributed by atoms with Crippen molar-refractivity contribution in [2.75, 3.05) is 13.7 Å². The van der Waals surface area contributed by atoms with Crippen LogP contribution in [0.25, 0.3) is 0 Å². The molecule has 1 amide bonds. The van der Waals surface area contributed by atoms with Gasteiger partial charge in [-0.25, -0.2) is 0 Å². The van der Waals surface area contributed by atoms with Crippen molar-refractivity contribution in [2.45, 2.75) is 45.2 Å². The van der Waals surface area contributed by atoms with Crippen LogP contribution in [0.4, 0.5) is 0 Å². The molecule has 0 aliphatic heterocycles. The van der Waals surface area contributed by atoms with E-state index < -0.39 is 0 Å². The maximum Gasteiger partial charge on any atom is 0.255 e. The first kappa shape index (κ1) is 16.8. The number of aromatic nitrogens is 1. The van der Waals surface area contributed by atoms with Crippen LogP contribution in [0.3, 0.4) is 0 Å². The van der Waals surface area contributed by atoms with Crippen molar-refractivity contribution in [2.24, 2.45) is 0 Å². The average molecular weight is 326 g/mol. The summed E-state index contributed by atoms with van der Waals surface area (Å²) in [5, 5.41) is 9.44. The van der Waals surface area contributed by atoms with Crippen LogP contribution in [0.1, 0.15) is 58.7 Å². The molecule has 1 atom stereocenters. The zero-order chi connectivity index (χ0) is 17.3. The van der Waals surface area contributed by atoms with Gasteiger partial charge in [0.05, 0.1) is 11.6 Å². The highest BCUT2D eigenvalue weighted by atomic mass is 16.3. The molecule has 0 saturated heterocycles. The van der Waals surface area contributed by atoms with Crippen LogP contribution in [0.5, 0.6) is 0 Å². The Morgan fingerprint density at radius 1 is 1.29 bits per heavy atom. The Bertz CT molecular complexity index is 717. The number of aliphatic hydroxyl groups excluding tert-OH is 1. The van der Waals surface area contributed by atoms with Crippen molar-refractivity contribution in [3.05, 3.63) is 58.9 Å². The third kappa shape index (κ3) is 3.11. The Morgan fingerprint density at radius 3 is 2.54 bits per heavy atom. The van der Waals surface area contributed by atoms with E-state index in [0.717, 1.165) is 22.5 Å². The summed E-state index contributed by atoms with van der Waals surface area (Å²) in [7, 11) is 1.83. The summed E-state index contributed by atoms with van der Waals surface area (Å²) in [6.45, 7) is 4.17. The molecule has 1 N–H and O–H groups in total. The molecule has 128 valence electrons. The Balaban J connectivity index is 1.89. The minimum absolute atomic E-state index is 0.0253. The van der Waals surface area contributed by atoms with Gasteiger partial charge in [0.2, 0.25) is 0 Å². The smallest absolute Gasteiger partial charge is 0.255 e. The first-order chi connectivity index (χ1) is 11.5. The summed E-state index contributed by atoms with van der Waals surface area (Å²) < 4.78 is 2.30. The van der Waals surface area contributed by atoms with Crippen molar-refractivity contribution >= 4 is 5.91 Å². The third-order valence-corrected chi connectivity index (χ3v) is 5.00. The van der Waals surface area contributed by atoms with Gasteiger partial charge in [-0.3, -0.25) is 4.79 Å². The second kappa shape index (κ2) is 6.81. The van der Waals surface area contributed by atoms with E-state index in [9.17, 15) is 9.90 Å². The molecule has 0 bridgehead atoms. The molecule has 1 aromatic heterocycles. The number of hydrogen-bond donors (Lipinski definition) is 1. The molecule has 24 heavy (non-hydrogen) atoms. The lowest BCUT2D eigenvalue weighted by atomic mass is 10.0. The predicted molar refractivity (Wildman–Crippen MR) is 95.2 cm³/mol. The molecule has 1 aliphatic carbocycles. The summed E-state index contributed by atoms with van der Waals surface area (Å²) in [4.78, 5) is 14.9. The topological polar surface area (TPSA) is 45.5 Å². The van der Waals surface area contributed by atoms with Gasteiger partial charge < -0.3 is 14.6 Å². The van der Waals surface area contributed by atoms with Gasteiger partial charge in [0.1, 0.15) is 0 Å². The van der Waals surface area contributed by atoms with Gasteiger partial charge in [0.15, 0.2) is 0 Å². The van der Waals surface area contributed by atoms with Crippen LogP contribution in [-0.2, 0) is 0 Å². The maximum atomic E-state index is 13.1. The molecule has 4 heteroatoms. The van der Waals surface area contributed by atoms with E-state index in [1.165, 1.54) is 12.8 Å². The molecule has 4 nitrogen and oxygen atoms in total. The summed E-state index contributed by atoms with van der Waals surface area (Å²) in [5.74, 6) is 0.0253. The van der Waals surface area contributed by atoms with Crippen molar-refractivity contribution in [3.63, 3.8) is 0 Å². The predicted octanol–water partition coefficient (Wildman–Crippen LogP) is 3.64. The minimum atomic E-state index is -0.118. The van der Waals surface area contributed by atoms with Crippen LogP contribution in [-0.4, -0.2) is 34.1 Å². The molecule has 1 aromatic carbocycles. The molecule has 3 rings (SSSR count). The lowest BCUT2D eigenvalue weighted by Crippen LogP contribution is -2.32. The Morgan fingerprint density at radius 2 is 1.96 bits per heavy atom. The van der Waals surface area contributed by atoms with E-state index in [4.69, 9.17) is 0 Å². The first-order valence-corrected chi connectivity index (χ1v) is 8.66. The molecule has 1 fully saturated rings. The number of hydrogen-bond acceptors (Lipinski definition) is 2. The molecule has 2 aromatic rings. The minimum Gasteiger partial charge on any atom is -0.396 e. The molecule has 1 aliphatic rings. The van der Waals surface area contributed by atoms with Gasteiger partial charge >= 0.3 is 0 Å². The quantitative estimate of drug-likeness (QED) is 0.881. The second-order valence-corrected chi connectivity index (χ2v) is 6.74. The van der Waals surface area contributed by atoms with E-state index in [0.29, 0.717) is 12.5 Å². The molecule has 0 spiro atoms. The van der Waals surface area contributed by atoms with Crippen LogP contribution >= 0.6 is 0 Å². The van der Waals surface area contributed by atoms with Crippen LogP contribution in [0.2, 0.25) is 0 Å². The first-order valence-electron chi connectivity index (χ1n) is 8.66. The number of carbonyl (C=O) groups is 1. The Labute approximate surface area is 143 Å². The highest BCUT2D eigenvalue weighted by Crippen LogP contribution is 2.38. The number of nitrogens with zero attached hydrogens (tertiary/aromatic N) is 2. The van der Waals surface area contributed by atoms with Gasteiger partial charge in [-0.2, -0.15) is 0 Å². The van der Waals surface area contributed by atoms with Crippen molar-refractivity contribution in [1.29, 1.82) is 0 Å². The highest BCUT2D eigenvalue weighted by Gasteiger charge is 2.30. The number of aliphatic hydroxyl groups is 1. The number of benzene rings is 1. The van der Waals surface area contributed by atoms with E-state index in [1.54, 1.807) is 4.90 Å². The normalized spacial score (nSPS) is 15.3. The van der Waals surface area contributed by atoms with Gasteiger partial charge in [0, 0.05) is 31.1 Å². The third-order valence-electron chi connectivity index (χ3n) is 5.00. The Kier molecular flexibility index (Phi) is 4.76. The fourth-order valence-electron chi connectivity index (χ4n) is 3.60. The largest absolute Gasteiger partial charge is 0.396 e. The number of rotatable bonds is 6. The molecule has 1 saturated carbocycles. The standard InChI is InChI=1S/C20H26N2O2/c1-14-13-18(15(2)22(14)17-9-10-17)20(24)21(3)19(11-12-23)16-7-5-4-6-8-16/h4-8,13,17,19,23H,9-12H2,1-3H3. The fourth-order valence-corrected chi connectivity index (χ4v) is 3.60. The maximum absolute atomic E-state index is 13.1. The summed E-state index contributed by atoms with van der Waals surface area (Å²) in [5.41, 5.74) is 4.05. The summed E-state index contributed by atoms with van der Waals surface area (Å²) in [6.07, 6.45) is 2.95. The monoisotopic (exact) mass is 326 g/mol. The van der Waals surface area contributed by atoms with E-state index in [-0.39, 0.29) is 18.6 Å². The van der Waals surface area contributed by atoms with Gasteiger partial charge in [-0.15, -0.1) is 0 Å². The number of carbonyl (C=O) groups excluding carboxylic acids is 1.